The highest BCUT2D eigenvalue weighted by molar-refractivity contribution is 6.33. The number of benzene rings is 1. The van der Waals surface area contributed by atoms with Gasteiger partial charge in [0.1, 0.15) is 11.9 Å². The molecule has 1 atom stereocenters. The minimum atomic E-state index is -1.22. The summed E-state index contributed by atoms with van der Waals surface area (Å²) in [4.78, 5) is 22.5. The third-order valence-corrected chi connectivity index (χ3v) is 2.76. The number of carboxylic acids is 1. The summed E-state index contributed by atoms with van der Waals surface area (Å²) in [6.07, 6.45) is 0. The molecule has 0 saturated carbocycles. The van der Waals surface area contributed by atoms with Gasteiger partial charge in [-0.1, -0.05) is 25.4 Å². The van der Waals surface area contributed by atoms with Crippen molar-refractivity contribution in [3.05, 3.63) is 28.8 Å². The summed E-state index contributed by atoms with van der Waals surface area (Å²) in [7, 11) is 0. The van der Waals surface area contributed by atoms with Crippen LogP contribution in [0, 0.1) is 17.6 Å². The minimum Gasteiger partial charge on any atom is -0.480 e. The number of nitrogens with one attached hydrogen (secondary N) is 2. The molecule has 1 aromatic rings. The summed E-state index contributed by atoms with van der Waals surface area (Å²) in [6.45, 7) is 3.20. The lowest BCUT2D eigenvalue weighted by molar-refractivity contribution is -0.140. The first-order valence-corrected chi connectivity index (χ1v) is 6.05. The molecule has 1 aromatic carbocycles. The fourth-order valence-corrected chi connectivity index (χ4v) is 1.71. The van der Waals surface area contributed by atoms with Gasteiger partial charge in [-0.05, 0) is 12.0 Å². The van der Waals surface area contributed by atoms with Gasteiger partial charge in [-0.15, -0.1) is 0 Å². The van der Waals surface area contributed by atoms with E-state index in [0.29, 0.717) is 6.07 Å². The van der Waals surface area contributed by atoms with Gasteiger partial charge in [0.25, 0.3) is 0 Å². The Morgan fingerprint density at radius 3 is 2.35 bits per heavy atom. The summed E-state index contributed by atoms with van der Waals surface area (Å²) in [5, 5.41) is 12.8. The predicted molar refractivity (Wildman–Crippen MR) is 69.8 cm³/mol. The standard InChI is InChI=1S/C12H13ClF2N2O3/c1-5(2)9(11(18)19)16-12(20)17-10-7(13)3-6(14)4-8(10)15/h3-5,9H,1-2H3,(H,18,19)(H2,16,17,20). The average Bonchev–Trinajstić information content (AvgIpc) is 2.29. The van der Waals surface area contributed by atoms with Crippen LogP contribution in [0.3, 0.4) is 0 Å². The third kappa shape index (κ3) is 4.06. The van der Waals surface area contributed by atoms with Gasteiger partial charge in [0.05, 0.1) is 10.7 Å². The summed E-state index contributed by atoms with van der Waals surface area (Å²) >= 11 is 5.60. The topological polar surface area (TPSA) is 78.4 Å². The van der Waals surface area contributed by atoms with Crippen molar-refractivity contribution in [1.29, 1.82) is 0 Å². The van der Waals surface area contributed by atoms with Crippen molar-refractivity contribution in [2.75, 3.05) is 5.32 Å². The quantitative estimate of drug-likeness (QED) is 0.800. The fourth-order valence-electron chi connectivity index (χ4n) is 1.47. The van der Waals surface area contributed by atoms with Gasteiger partial charge < -0.3 is 15.7 Å². The Morgan fingerprint density at radius 2 is 1.90 bits per heavy atom. The summed E-state index contributed by atoms with van der Waals surface area (Å²) in [5.41, 5.74) is -0.418. The maximum absolute atomic E-state index is 13.4. The van der Waals surface area contributed by atoms with Crippen LogP contribution >= 0.6 is 11.6 Å². The van der Waals surface area contributed by atoms with Crippen LogP contribution in [-0.4, -0.2) is 23.1 Å². The number of carbonyl (C=O) groups excluding carboxylic acids is 1. The number of hydrogen-bond donors (Lipinski definition) is 3. The second-order valence-corrected chi connectivity index (χ2v) is 4.81. The molecule has 8 heteroatoms. The molecule has 0 radical (unpaired) electrons. The molecule has 5 nitrogen and oxygen atoms in total. The number of rotatable bonds is 4. The largest absolute Gasteiger partial charge is 0.480 e. The van der Waals surface area contributed by atoms with Crippen molar-refractivity contribution in [2.45, 2.75) is 19.9 Å². The van der Waals surface area contributed by atoms with E-state index in [-0.39, 0.29) is 10.9 Å². The Morgan fingerprint density at radius 1 is 1.30 bits per heavy atom. The van der Waals surface area contributed by atoms with Gasteiger partial charge in [0.15, 0.2) is 5.82 Å². The van der Waals surface area contributed by atoms with Crippen LogP contribution in [0.5, 0.6) is 0 Å². The smallest absolute Gasteiger partial charge is 0.326 e. The van der Waals surface area contributed by atoms with Crippen LogP contribution in [0.25, 0.3) is 0 Å². The van der Waals surface area contributed by atoms with Crippen molar-refractivity contribution < 1.29 is 23.5 Å². The number of carboxylic acid groups (broad SMARTS) is 1. The summed E-state index contributed by atoms with van der Waals surface area (Å²) in [6, 6.07) is -0.702. The Labute approximate surface area is 118 Å². The lowest BCUT2D eigenvalue weighted by Crippen LogP contribution is -2.46. The molecule has 0 aliphatic carbocycles. The lowest BCUT2D eigenvalue weighted by atomic mass is 10.1. The van der Waals surface area contributed by atoms with Gasteiger partial charge in [0.2, 0.25) is 0 Å². The zero-order valence-electron chi connectivity index (χ0n) is 10.7. The van der Waals surface area contributed by atoms with E-state index in [1.54, 1.807) is 13.8 Å². The summed E-state index contributed by atoms with van der Waals surface area (Å²) < 4.78 is 26.3. The molecule has 110 valence electrons. The number of hydrogen-bond acceptors (Lipinski definition) is 2. The second kappa shape index (κ2) is 6.51. The van der Waals surface area contributed by atoms with E-state index in [1.807, 2.05) is 0 Å². The monoisotopic (exact) mass is 306 g/mol. The molecule has 0 bridgehead atoms. The van der Waals surface area contributed by atoms with Crippen LogP contribution in [0.2, 0.25) is 5.02 Å². The first kappa shape index (κ1) is 16.2. The van der Waals surface area contributed by atoms with Gasteiger partial charge in [-0.3, -0.25) is 0 Å². The van der Waals surface area contributed by atoms with Crippen LogP contribution in [0.15, 0.2) is 12.1 Å². The highest BCUT2D eigenvalue weighted by atomic mass is 35.5. The zero-order chi connectivity index (χ0) is 15.4. The summed E-state index contributed by atoms with van der Waals surface area (Å²) in [5.74, 6) is -3.53. The lowest BCUT2D eigenvalue weighted by Gasteiger charge is -2.18. The number of carbonyl (C=O) groups is 2. The maximum Gasteiger partial charge on any atom is 0.326 e. The molecule has 0 heterocycles. The van der Waals surface area contributed by atoms with Gasteiger partial charge in [-0.2, -0.15) is 0 Å². The third-order valence-electron chi connectivity index (χ3n) is 2.46. The first-order valence-electron chi connectivity index (χ1n) is 5.67. The Bertz CT molecular complexity index is 514. The van der Waals surface area contributed by atoms with Crippen LogP contribution in [0.4, 0.5) is 19.3 Å². The van der Waals surface area contributed by atoms with Crippen LogP contribution in [0.1, 0.15) is 13.8 Å². The molecule has 2 amide bonds. The first-order chi connectivity index (χ1) is 9.22. The van der Waals surface area contributed by atoms with E-state index in [4.69, 9.17) is 16.7 Å². The van der Waals surface area contributed by atoms with Crippen molar-refractivity contribution in [2.24, 2.45) is 5.92 Å². The molecule has 3 N–H and O–H groups in total. The molecule has 0 spiro atoms. The van der Waals surface area contributed by atoms with Gasteiger partial charge >= 0.3 is 12.0 Å². The Hall–Kier alpha value is -1.89. The maximum atomic E-state index is 13.4. The van der Waals surface area contributed by atoms with E-state index in [1.165, 1.54) is 0 Å². The normalized spacial score (nSPS) is 12.1. The highest BCUT2D eigenvalue weighted by Crippen LogP contribution is 2.26. The molecular formula is C12H13ClF2N2O3. The van der Waals surface area contributed by atoms with Gasteiger partial charge in [-0.25, -0.2) is 18.4 Å². The van der Waals surface area contributed by atoms with E-state index in [0.717, 1.165) is 6.07 Å². The molecule has 0 aliphatic heterocycles. The van der Waals surface area contributed by atoms with Crippen molar-refractivity contribution in [3.8, 4) is 0 Å². The van der Waals surface area contributed by atoms with Crippen LogP contribution < -0.4 is 10.6 Å². The number of aliphatic carboxylic acids is 1. The van der Waals surface area contributed by atoms with E-state index in [9.17, 15) is 18.4 Å². The SMILES string of the molecule is CC(C)C(NC(=O)Nc1c(F)cc(F)cc1Cl)C(=O)O. The molecule has 0 fully saturated rings. The zero-order valence-corrected chi connectivity index (χ0v) is 11.5. The fraction of sp³-hybridized carbons (Fsp3) is 0.333. The number of anilines is 1. The molecule has 0 aliphatic rings. The average molecular weight is 307 g/mol. The second-order valence-electron chi connectivity index (χ2n) is 4.40. The number of halogens is 3. The van der Waals surface area contributed by atoms with Crippen molar-refractivity contribution in [1.82, 2.24) is 5.32 Å². The minimum absolute atomic E-state index is 0.325. The Balaban J connectivity index is 2.84. The van der Waals surface area contributed by atoms with Crippen molar-refractivity contribution >= 4 is 29.3 Å². The number of amides is 2. The Kier molecular flexibility index (Phi) is 5.26. The van der Waals surface area contributed by atoms with E-state index >= 15 is 0 Å². The molecule has 1 unspecified atom stereocenters. The molecule has 0 aromatic heterocycles. The predicted octanol–water partition coefficient (Wildman–Crippen LogP) is 2.85. The highest BCUT2D eigenvalue weighted by Gasteiger charge is 2.24. The molecule has 0 saturated heterocycles. The number of urea groups is 1. The van der Waals surface area contributed by atoms with E-state index in [2.05, 4.69) is 10.6 Å². The molecule has 20 heavy (non-hydrogen) atoms. The van der Waals surface area contributed by atoms with Crippen LogP contribution in [-0.2, 0) is 4.79 Å². The van der Waals surface area contributed by atoms with Crippen molar-refractivity contribution in [3.63, 3.8) is 0 Å². The molecular weight excluding hydrogens is 294 g/mol. The van der Waals surface area contributed by atoms with Gasteiger partial charge in [0, 0.05) is 6.07 Å². The van der Waals surface area contributed by atoms with E-state index < -0.39 is 35.4 Å². The molecule has 1 rings (SSSR count).